The number of anilines is 1. The third-order valence-corrected chi connectivity index (χ3v) is 6.63. The fraction of sp³-hybridized carbons (Fsp3) is 0.600. The van der Waals surface area contributed by atoms with Gasteiger partial charge in [0.15, 0.2) is 0 Å². The zero-order valence-corrected chi connectivity index (χ0v) is 19.0. The number of morpholine rings is 1. The molecule has 6 heteroatoms. The second-order valence-corrected chi connectivity index (χ2v) is 9.29. The summed E-state index contributed by atoms with van der Waals surface area (Å²) in [5.74, 6) is 0.725. The normalized spacial score (nSPS) is 22.5. The van der Waals surface area contributed by atoms with E-state index >= 15 is 0 Å². The van der Waals surface area contributed by atoms with Gasteiger partial charge in [0, 0.05) is 68.2 Å². The fourth-order valence-corrected chi connectivity index (χ4v) is 4.51. The van der Waals surface area contributed by atoms with Gasteiger partial charge in [-0.25, -0.2) is 0 Å². The van der Waals surface area contributed by atoms with Crippen molar-refractivity contribution in [1.82, 2.24) is 9.97 Å². The molecule has 2 aliphatic rings. The summed E-state index contributed by atoms with van der Waals surface area (Å²) in [5, 5.41) is 10.9. The summed E-state index contributed by atoms with van der Waals surface area (Å²) in [4.78, 5) is 11.7. The van der Waals surface area contributed by atoms with Crippen molar-refractivity contribution < 1.29 is 14.6 Å². The summed E-state index contributed by atoms with van der Waals surface area (Å²) in [6, 6.07) is 8.39. The van der Waals surface area contributed by atoms with Crippen molar-refractivity contribution in [2.45, 2.75) is 63.6 Å². The van der Waals surface area contributed by atoms with Gasteiger partial charge in [0.1, 0.15) is 0 Å². The summed E-state index contributed by atoms with van der Waals surface area (Å²) < 4.78 is 11.5. The standard InChI is InChI=1S/C25H35N3O3/c1-18(2)23-7-5-21(16-27-23)28-10-13-31-22(17-28)14-19(3)24-6-4-20(15-26-24)25(29)8-11-30-12-9-25/h4-7,15-16,18-19,22,29H,8-14,17H2,1-3H3. The number of aromatic nitrogens is 2. The second-order valence-electron chi connectivity index (χ2n) is 9.29. The van der Waals surface area contributed by atoms with Crippen LogP contribution in [0.5, 0.6) is 0 Å². The van der Waals surface area contributed by atoms with Gasteiger partial charge in [0.2, 0.25) is 0 Å². The number of pyridine rings is 2. The highest BCUT2D eigenvalue weighted by molar-refractivity contribution is 5.45. The molecule has 2 aromatic rings. The lowest BCUT2D eigenvalue weighted by atomic mass is 9.87. The van der Waals surface area contributed by atoms with Crippen molar-refractivity contribution >= 4 is 5.69 Å². The number of hydrogen-bond donors (Lipinski definition) is 1. The van der Waals surface area contributed by atoms with Crippen LogP contribution in [0.3, 0.4) is 0 Å². The van der Waals surface area contributed by atoms with E-state index in [0.29, 0.717) is 32.0 Å². The Bertz CT molecular complexity index is 832. The maximum Gasteiger partial charge on any atom is 0.0955 e. The van der Waals surface area contributed by atoms with Crippen LogP contribution in [0.15, 0.2) is 36.7 Å². The molecule has 2 saturated heterocycles. The highest BCUT2D eigenvalue weighted by atomic mass is 16.5. The van der Waals surface area contributed by atoms with Crippen LogP contribution in [0.25, 0.3) is 0 Å². The Morgan fingerprint density at radius 3 is 2.42 bits per heavy atom. The molecule has 2 fully saturated rings. The van der Waals surface area contributed by atoms with Crippen LogP contribution in [-0.4, -0.2) is 54.1 Å². The van der Waals surface area contributed by atoms with Gasteiger partial charge in [0.05, 0.1) is 30.2 Å². The molecule has 4 rings (SSSR count). The van der Waals surface area contributed by atoms with Gasteiger partial charge in [-0.15, -0.1) is 0 Å². The first-order valence-electron chi connectivity index (χ1n) is 11.5. The zero-order valence-electron chi connectivity index (χ0n) is 19.0. The van der Waals surface area contributed by atoms with Gasteiger partial charge >= 0.3 is 0 Å². The van der Waals surface area contributed by atoms with E-state index < -0.39 is 5.60 Å². The molecule has 2 aromatic heterocycles. The summed E-state index contributed by atoms with van der Waals surface area (Å²) in [5.41, 5.74) is 3.42. The van der Waals surface area contributed by atoms with Crippen LogP contribution in [0, 0.1) is 0 Å². The number of rotatable bonds is 6. The first-order chi connectivity index (χ1) is 14.9. The molecule has 0 amide bonds. The maximum atomic E-state index is 10.9. The molecule has 2 aliphatic heterocycles. The Morgan fingerprint density at radius 2 is 1.77 bits per heavy atom. The van der Waals surface area contributed by atoms with Gasteiger partial charge in [-0.05, 0) is 30.5 Å². The maximum absolute atomic E-state index is 10.9. The van der Waals surface area contributed by atoms with Gasteiger partial charge in [-0.2, -0.15) is 0 Å². The number of nitrogens with zero attached hydrogens (tertiary/aromatic N) is 3. The molecule has 2 unspecified atom stereocenters. The van der Waals surface area contributed by atoms with E-state index in [-0.39, 0.29) is 12.0 Å². The van der Waals surface area contributed by atoms with Crippen molar-refractivity contribution in [2.24, 2.45) is 0 Å². The Hall–Kier alpha value is -2.02. The SMILES string of the molecule is CC(C)c1ccc(N2CCOC(CC(C)c3ccc(C4(O)CCOCC4)cn3)C2)cn1. The monoisotopic (exact) mass is 425 g/mol. The zero-order chi connectivity index (χ0) is 21.8. The Kier molecular flexibility index (Phi) is 6.89. The Labute approximate surface area is 185 Å². The van der Waals surface area contributed by atoms with Crippen LogP contribution < -0.4 is 4.90 Å². The fourth-order valence-electron chi connectivity index (χ4n) is 4.51. The first kappa shape index (κ1) is 22.2. The van der Waals surface area contributed by atoms with Gasteiger partial charge in [-0.1, -0.05) is 26.8 Å². The summed E-state index contributed by atoms with van der Waals surface area (Å²) in [6.45, 7) is 10.2. The van der Waals surface area contributed by atoms with E-state index in [4.69, 9.17) is 9.47 Å². The van der Waals surface area contributed by atoms with Crippen LogP contribution >= 0.6 is 0 Å². The van der Waals surface area contributed by atoms with Crippen molar-refractivity contribution in [2.75, 3.05) is 37.8 Å². The molecule has 31 heavy (non-hydrogen) atoms. The van der Waals surface area contributed by atoms with E-state index in [9.17, 15) is 5.11 Å². The molecule has 0 radical (unpaired) electrons. The first-order valence-corrected chi connectivity index (χ1v) is 11.5. The molecule has 4 heterocycles. The highest BCUT2D eigenvalue weighted by Crippen LogP contribution is 2.32. The quantitative estimate of drug-likeness (QED) is 0.755. The molecule has 6 nitrogen and oxygen atoms in total. The number of ether oxygens (including phenoxy) is 2. The predicted octanol–water partition coefficient (Wildman–Crippen LogP) is 4.00. The van der Waals surface area contributed by atoms with E-state index in [1.807, 2.05) is 18.5 Å². The van der Waals surface area contributed by atoms with Crippen LogP contribution in [-0.2, 0) is 15.1 Å². The second kappa shape index (κ2) is 9.63. The van der Waals surface area contributed by atoms with Crippen LogP contribution in [0.1, 0.15) is 68.8 Å². The molecule has 1 N–H and O–H groups in total. The van der Waals surface area contributed by atoms with Crippen LogP contribution in [0.2, 0.25) is 0 Å². The summed E-state index contributed by atoms with van der Waals surface area (Å²) >= 11 is 0. The summed E-state index contributed by atoms with van der Waals surface area (Å²) in [7, 11) is 0. The molecular weight excluding hydrogens is 390 g/mol. The lowest BCUT2D eigenvalue weighted by molar-refractivity contribution is -0.0681. The third-order valence-electron chi connectivity index (χ3n) is 6.63. The van der Waals surface area contributed by atoms with E-state index in [1.54, 1.807) is 0 Å². The molecule has 0 aliphatic carbocycles. The highest BCUT2D eigenvalue weighted by Gasteiger charge is 2.32. The molecule has 0 aromatic carbocycles. The van der Waals surface area contributed by atoms with E-state index in [0.717, 1.165) is 48.8 Å². The van der Waals surface area contributed by atoms with Crippen LogP contribution in [0.4, 0.5) is 5.69 Å². The minimum absolute atomic E-state index is 0.162. The lowest BCUT2D eigenvalue weighted by Crippen LogP contribution is -2.43. The molecule has 2 atom stereocenters. The lowest BCUT2D eigenvalue weighted by Gasteiger charge is -2.35. The largest absolute Gasteiger partial charge is 0.385 e. The van der Waals surface area contributed by atoms with E-state index in [1.165, 1.54) is 0 Å². The number of aliphatic hydroxyl groups is 1. The van der Waals surface area contributed by atoms with Gasteiger partial charge < -0.3 is 19.5 Å². The van der Waals surface area contributed by atoms with Crippen molar-refractivity contribution in [3.8, 4) is 0 Å². The predicted molar refractivity (Wildman–Crippen MR) is 121 cm³/mol. The Balaban J connectivity index is 1.36. The van der Waals surface area contributed by atoms with E-state index in [2.05, 4.69) is 53.8 Å². The number of hydrogen-bond acceptors (Lipinski definition) is 6. The molecule has 0 saturated carbocycles. The molecular formula is C25H35N3O3. The molecule has 168 valence electrons. The minimum atomic E-state index is -0.806. The van der Waals surface area contributed by atoms with Crippen molar-refractivity contribution in [3.05, 3.63) is 53.6 Å². The van der Waals surface area contributed by atoms with Crippen molar-refractivity contribution in [1.29, 1.82) is 0 Å². The average molecular weight is 426 g/mol. The average Bonchev–Trinajstić information content (AvgIpc) is 2.80. The van der Waals surface area contributed by atoms with Gasteiger partial charge in [-0.3, -0.25) is 9.97 Å². The Morgan fingerprint density at radius 1 is 1.03 bits per heavy atom. The third kappa shape index (κ3) is 5.25. The minimum Gasteiger partial charge on any atom is -0.385 e. The topological polar surface area (TPSA) is 67.7 Å². The molecule has 0 bridgehead atoms. The van der Waals surface area contributed by atoms with Crippen molar-refractivity contribution in [3.63, 3.8) is 0 Å². The van der Waals surface area contributed by atoms with Gasteiger partial charge in [0.25, 0.3) is 0 Å². The summed E-state index contributed by atoms with van der Waals surface area (Å²) in [6.07, 6.45) is 6.16. The molecule has 0 spiro atoms. The smallest absolute Gasteiger partial charge is 0.0955 e.